The van der Waals surface area contributed by atoms with Gasteiger partial charge in [-0.05, 0) is 73.2 Å². The third kappa shape index (κ3) is 8.29. The quantitative estimate of drug-likeness (QED) is 0.0988. The zero-order valence-corrected chi connectivity index (χ0v) is 35.0. The lowest BCUT2D eigenvalue weighted by atomic mass is 10.0. The van der Waals surface area contributed by atoms with Crippen LogP contribution in [0.1, 0.15) is 72.6 Å². The summed E-state index contributed by atoms with van der Waals surface area (Å²) in [4.78, 5) is 71.8. The third-order valence-electron chi connectivity index (χ3n) is 11.9. The number of halogens is 1. The van der Waals surface area contributed by atoms with Crippen LogP contribution < -0.4 is 10.6 Å². The molecule has 4 N–H and O–H groups in total. The molecule has 326 valence electrons. The Morgan fingerprint density at radius 2 is 1.19 bits per heavy atom. The number of imidazole rings is 2. The summed E-state index contributed by atoms with van der Waals surface area (Å²) in [6, 6.07) is 27.8. The van der Waals surface area contributed by atoms with Gasteiger partial charge in [-0.25, -0.2) is 23.9 Å². The molecular weight excluding hydrogens is 820 g/mol. The van der Waals surface area contributed by atoms with Gasteiger partial charge in [0.25, 0.3) is 11.8 Å². The van der Waals surface area contributed by atoms with Crippen LogP contribution in [0.5, 0.6) is 0 Å². The number of H-pyrrole nitrogens is 2. The zero-order valence-electron chi connectivity index (χ0n) is 35.0. The van der Waals surface area contributed by atoms with Crippen molar-refractivity contribution in [3.8, 4) is 33.8 Å². The van der Waals surface area contributed by atoms with Crippen molar-refractivity contribution >= 4 is 35.0 Å². The number of likely N-dealkylation sites (tertiary alicyclic amines) is 2. The molecule has 0 spiro atoms. The van der Waals surface area contributed by atoms with E-state index in [4.69, 9.17) is 13.9 Å². The van der Waals surface area contributed by atoms with Gasteiger partial charge in [0.15, 0.2) is 0 Å². The molecule has 64 heavy (non-hydrogen) atoms. The fourth-order valence-corrected chi connectivity index (χ4v) is 8.71. The number of aromatic nitrogens is 4. The van der Waals surface area contributed by atoms with Crippen molar-refractivity contribution in [2.75, 3.05) is 27.3 Å². The number of ether oxygens (including phenoxy) is 2. The number of fused-ring (bicyclic) bond motifs is 1. The second kappa shape index (κ2) is 17.9. The molecule has 9 rings (SSSR count). The van der Waals surface area contributed by atoms with Crippen molar-refractivity contribution < 1.29 is 37.5 Å². The van der Waals surface area contributed by atoms with Gasteiger partial charge in [0.1, 0.15) is 40.9 Å². The summed E-state index contributed by atoms with van der Waals surface area (Å²) >= 11 is 0. The Labute approximate surface area is 367 Å². The van der Waals surface area contributed by atoms with Crippen molar-refractivity contribution in [3.63, 3.8) is 0 Å². The van der Waals surface area contributed by atoms with Gasteiger partial charge in [-0.15, -0.1) is 0 Å². The molecule has 16 heteroatoms. The molecule has 2 unspecified atom stereocenters. The Morgan fingerprint density at radius 1 is 0.688 bits per heavy atom. The van der Waals surface area contributed by atoms with Gasteiger partial charge >= 0.3 is 12.2 Å². The van der Waals surface area contributed by atoms with E-state index < -0.39 is 30.1 Å². The summed E-state index contributed by atoms with van der Waals surface area (Å²) in [6.45, 7) is 0.986. The molecule has 3 aromatic heterocycles. The predicted octanol–water partition coefficient (Wildman–Crippen LogP) is 8.54. The molecule has 2 saturated heterocycles. The standard InChI is InChI=1S/C48H45FN8O7/c1-62-47(60)54-41(28-11-5-3-6-12-28)45(58)56-21-9-15-37(56)43-50-26-35(52-43)30-18-20-39-32(23-30)25-40(64-39)33-19-17-31(24-34(33)49)36-27-51-44(53-36)38-16-10-22-57(38)46(59)42(55-48(61)63-2)29-13-7-4-8-14-29/h3-8,11-14,17-20,23-27,37-38,41-42H,9-10,15-16,21-22H2,1-2H3,(H,50,52)(H,51,53)(H,54,60)(H,55,61)/t37-,38?,41+,42?/m0/s1. The lowest BCUT2D eigenvalue weighted by Gasteiger charge is -2.28. The topological polar surface area (TPSA) is 188 Å². The highest BCUT2D eigenvalue weighted by atomic mass is 19.1. The summed E-state index contributed by atoms with van der Waals surface area (Å²) in [7, 11) is 2.51. The van der Waals surface area contributed by atoms with Gasteiger partial charge in [-0.1, -0.05) is 66.7 Å². The van der Waals surface area contributed by atoms with Crippen LogP contribution in [0.25, 0.3) is 44.8 Å². The average molecular weight is 865 g/mol. The molecule has 4 atom stereocenters. The highest BCUT2D eigenvalue weighted by Crippen LogP contribution is 2.38. The molecule has 2 aliphatic rings. The first-order valence-corrected chi connectivity index (χ1v) is 21.0. The van der Waals surface area contributed by atoms with E-state index >= 15 is 4.39 Å². The van der Waals surface area contributed by atoms with Crippen molar-refractivity contribution in [3.05, 3.63) is 144 Å². The first kappa shape index (κ1) is 41.6. The van der Waals surface area contributed by atoms with E-state index in [1.165, 1.54) is 20.3 Å². The summed E-state index contributed by atoms with van der Waals surface area (Å²) < 4.78 is 31.7. The number of hydrogen-bond acceptors (Lipinski definition) is 9. The van der Waals surface area contributed by atoms with Crippen molar-refractivity contribution in [1.82, 2.24) is 40.4 Å². The number of nitrogens with one attached hydrogen (secondary N) is 4. The van der Waals surface area contributed by atoms with Crippen molar-refractivity contribution in [2.45, 2.75) is 49.9 Å². The first-order valence-electron chi connectivity index (χ1n) is 21.0. The van der Waals surface area contributed by atoms with Crippen LogP contribution >= 0.6 is 0 Å². The number of furan rings is 1. The summed E-state index contributed by atoms with van der Waals surface area (Å²) in [5, 5.41) is 6.13. The van der Waals surface area contributed by atoms with Gasteiger partial charge < -0.3 is 44.3 Å². The summed E-state index contributed by atoms with van der Waals surface area (Å²) in [6.07, 6.45) is 4.81. The third-order valence-corrected chi connectivity index (χ3v) is 11.9. The minimum atomic E-state index is -0.945. The number of methoxy groups -OCH3 is 2. The maximum atomic E-state index is 16.0. The second-order valence-corrected chi connectivity index (χ2v) is 15.8. The highest BCUT2D eigenvalue weighted by Gasteiger charge is 2.38. The van der Waals surface area contributed by atoms with Crippen LogP contribution in [0.4, 0.5) is 14.0 Å². The van der Waals surface area contributed by atoms with Crippen LogP contribution in [0.15, 0.2) is 120 Å². The molecule has 0 radical (unpaired) electrons. The molecule has 7 aromatic rings. The summed E-state index contributed by atoms with van der Waals surface area (Å²) in [5.41, 5.74) is 4.84. The predicted molar refractivity (Wildman–Crippen MR) is 234 cm³/mol. The highest BCUT2D eigenvalue weighted by molar-refractivity contribution is 5.89. The number of rotatable bonds is 11. The lowest BCUT2D eigenvalue weighted by Crippen LogP contribution is -2.42. The molecule has 2 fully saturated rings. The van der Waals surface area contributed by atoms with E-state index in [1.54, 1.807) is 76.8 Å². The van der Waals surface area contributed by atoms with E-state index in [0.717, 1.165) is 29.5 Å². The second-order valence-electron chi connectivity index (χ2n) is 15.8. The number of benzene rings is 4. The number of nitrogens with zero attached hydrogens (tertiary/aromatic N) is 4. The molecule has 0 bridgehead atoms. The average Bonchev–Trinajstić information content (AvgIpc) is 4.19. The van der Waals surface area contributed by atoms with Gasteiger partial charge in [0.05, 0.1) is 55.6 Å². The molecule has 15 nitrogen and oxygen atoms in total. The Bertz CT molecular complexity index is 2820. The summed E-state index contributed by atoms with van der Waals surface area (Å²) in [5.74, 6) is 0.515. The fraction of sp³-hybridized carbons (Fsp3) is 0.250. The minimum absolute atomic E-state index is 0.256. The lowest BCUT2D eigenvalue weighted by molar-refractivity contribution is -0.135. The van der Waals surface area contributed by atoms with E-state index in [9.17, 15) is 19.2 Å². The number of carbonyl (C=O) groups is 4. The van der Waals surface area contributed by atoms with Crippen molar-refractivity contribution in [2.24, 2.45) is 0 Å². The first-order chi connectivity index (χ1) is 31.2. The van der Waals surface area contributed by atoms with E-state index in [1.807, 2.05) is 42.5 Å². The number of hydrogen-bond donors (Lipinski definition) is 4. The Hall–Kier alpha value is -7.75. The Kier molecular flexibility index (Phi) is 11.6. The van der Waals surface area contributed by atoms with E-state index in [0.29, 0.717) is 71.3 Å². The minimum Gasteiger partial charge on any atom is -0.456 e. The fourth-order valence-electron chi connectivity index (χ4n) is 8.71. The Morgan fingerprint density at radius 3 is 1.69 bits per heavy atom. The van der Waals surface area contributed by atoms with Gasteiger partial charge in [0.2, 0.25) is 0 Å². The van der Waals surface area contributed by atoms with E-state index in [2.05, 4.69) is 30.6 Å². The maximum Gasteiger partial charge on any atom is 0.407 e. The smallest absolute Gasteiger partial charge is 0.407 e. The van der Waals surface area contributed by atoms with Crippen LogP contribution in [0.3, 0.4) is 0 Å². The monoisotopic (exact) mass is 864 g/mol. The largest absolute Gasteiger partial charge is 0.456 e. The maximum absolute atomic E-state index is 16.0. The molecule has 4 amide bonds. The number of alkyl carbamates (subject to hydrolysis) is 2. The molecular formula is C48H45FN8O7. The van der Waals surface area contributed by atoms with E-state index in [-0.39, 0.29) is 29.5 Å². The Balaban J connectivity index is 0.900. The van der Waals surface area contributed by atoms with Crippen LogP contribution in [0.2, 0.25) is 0 Å². The number of carbonyl (C=O) groups excluding carboxylic acids is 4. The molecule has 4 aromatic carbocycles. The van der Waals surface area contributed by atoms with Gasteiger partial charge in [0, 0.05) is 29.6 Å². The van der Waals surface area contributed by atoms with Gasteiger partial charge in [-0.3, -0.25) is 9.59 Å². The van der Waals surface area contributed by atoms with Gasteiger partial charge in [-0.2, -0.15) is 0 Å². The number of amides is 4. The SMILES string of the molecule is COC(=O)NC(C(=O)N1CCCC1c1ncc(-c2ccc(-c3cc4cc(-c5cnc([C@@H]6CCCN6C(=O)[C@H](NC(=O)OC)c6ccccc6)[nH]5)ccc4o3)c(F)c2)[nH]1)c1ccccc1. The molecule has 0 saturated carbocycles. The van der Waals surface area contributed by atoms with Crippen LogP contribution in [0, 0.1) is 5.82 Å². The molecule has 2 aliphatic heterocycles. The number of aromatic amines is 2. The molecule has 5 heterocycles. The van der Waals surface area contributed by atoms with Crippen LogP contribution in [-0.4, -0.2) is 81.0 Å². The zero-order chi connectivity index (χ0) is 44.3. The van der Waals surface area contributed by atoms with Crippen LogP contribution in [-0.2, 0) is 19.1 Å². The molecule has 0 aliphatic carbocycles. The van der Waals surface area contributed by atoms with Crippen molar-refractivity contribution in [1.29, 1.82) is 0 Å². The normalized spacial score (nSPS) is 17.0.